The fraction of sp³-hybridized carbons (Fsp3) is 0.611. The van der Waals surface area contributed by atoms with Gasteiger partial charge in [0.15, 0.2) is 5.82 Å². The normalized spacial score (nSPS) is 17.7. The summed E-state index contributed by atoms with van der Waals surface area (Å²) >= 11 is 0. The van der Waals surface area contributed by atoms with Gasteiger partial charge in [-0.1, -0.05) is 19.0 Å². The van der Waals surface area contributed by atoms with Crippen LogP contribution in [0.3, 0.4) is 0 Å². The van der Waals surface area contributed by atoms with Crippen LogP contribution in [-0.4, -0.2) is 50.6 Å². The van der Waals surface area contributed by atoms with Crippen molar-refractivity contribution >= 4 is 5.91 Å². The number of rotatable bonds is 5. The predicted octanol–water partition coefficient (Wildman–Crippen LogP) is 2.13. The molecule has 140 valence electrons. The molecule has 1 atom stereocenters. The molecule has 1 aliphatic heterocycles. The van der Waals surface area contributed by atoms with Crippen molar-refractivity contribution in [3.05, 3.63) is 35.0 Å². The summed E-state index contributed by atoms with van der Waals surface area (Å²) in [5.74, 6) is 2.17. The van der Waals surface area contributed by atoms with Crippen LogP contribution in [0, 0.1) is 13.8 Å². The smallest absolute Gasteiger partial charge is 0.227 e. The minimum Gasteiger partial charge on any atom is -0.368 e. The minimum absolute atomic E-state index is 0.0603. The van der Waals surface area contributed by atoms with E-state index in [1.54, 1.807) is 0 Å². The summed E-state index contributed by atoms with van der Waals surface area (Å²) in [5.41, 5.74) is 1.72. The minimum atomic E-state index is -0.218. The van der Waals surface area contributed by atoms with Crippen LogP contribution in [0.4, 0.5) is 0 Å². The van der Waals surface area contributed by atoms with E-state index in [0.29, 0.717) is 50.1 Å². The van der Waals surface area contributed by atoms with E-state index < -0.39 is 0 Å². The van der Waals surface area contributed by atoms with Crippen molar-refractivity contribution in [2.24, 2.45) is 0 Å². The van der Waals surface area contributed by atoms with E-state index in [1.807, 2.05) is 38.7 Å². The lowest BCUT2D eigenvalue weighted by atomic mass is 10.1. The molecule has 0 aromatic carbocycles. The van der Waals surface area contributed by atoms with Crippen LogP contribution < -0.4 is 0 Å². The Morgan fingerprint density at radius 1 is 1.31 bits per heavy atom. The van der Waals surface area contributed by atoms with Gasteiger partial charge in [0.2, 0.25) is 11.8 Å². The standard InChI is InChI=1S/C18H25N5O3/c1-11(2)18-21-16(26-22-18)5-6-17(24)23-7-8-25-15(10-23)14-9-12(3)19-13(4)20-14/h9,11,15H,5-8,10H2,1-4H3. The van der Waals surface area contributed by atoms with Crippen LogP contribution in [0.15, 0.2) is 10.6 Å². The van der Waals surface area contributed by atoms with Gasteiger partial charge in [-0.15, -0.1) is 0 Å². The Hall–Kier alpha value is -2.35. The molecule has 1 amide bonds. The van der Waals surface area contributed by atoms with Crippen molar-refractivity contribution < 1.29 is 14.1 Å². The predicted molar refractivity (Wildman–Crippen MR) is 93.5 cm³/mol. The zero-order chi connectivity index (χ0) is 18.7. The first-order chi connectivity index (χ1) is 12.4. The molecule has 2 aromatic heterocycles. The van der Waals surface area contributed by atoms with Gasteiger partial charge < -0.3 is 14.2 Å². The van der Waals surface area contributed by atoms with Crippen molar-refractivity contribution in [3.8, 4) is 0 Å². The topological polar surface area (TPSA) is 94.2 Å². The van der Waals surface area contributed by atoms with Gasteiger partial charge in [-0.2, -0.15) is 4.98 Å². The molecule has 8 nitrogen and oxygen atoms in total. The van der Waals surface area contributed by atoms with E-state index in [1.165, 1.54) is 0 Å². The molecule has 1 aliphatic rings. The highest BCUT2D eigenvalue weighted by molar-refractivity contribution is 5.76. The Labute approximate surface area is 153 Å². The number of carbonyl (C=O) groups excluding carboxylic acids is 1. The second-order valence-corrected chi connectivity index (χ2v) is 6.88. The van der Waals surface area contributed by atoms with Crippen molar-refractivity contribution in [1.82, 2.24) is 25.0 Å². The van der Waals surface area contributed by atoms with Crippen LogP contribution in [0.5, 0.6) is 0 Å². The van der Waals surface area contributed by atoms with Crippen LogP contribution in [0.25, 0.3) is 0 Å². The SMILES string of the molecule is Cc1cc(C2CN(C(=O)CCc3nc(C(C)C)no3)CCO2)nc(C)n1. The molecule has 26 heavy (non-hydrogen) atoms. The van der Waals surface area contributed by atoms with Gasteiger partial charge in [0.05, 0.1) is 18.8 Å². The number of nitrogens with zero attached hydrogens (tertiary/aromatic N) is 5. The maximum atomic E-state index is 12.6. The first-order valence-corrected chi connectivity index (χ1v) is 8.96. The fourth-order valence-electron chi connectivity index (χ4n) is 2.94. The van der Waals surface area contributed by atoms with Crippen LogP contribution in [-0.2, 0) is 16.0 Å². The summed E-state index contributed by atoms with van der Waals surface area (Å²) in [6, 6.07) is 1.91. The van der Waals surface area contributed by atoms with Gasteiger partial charge in [0, 0.05) is 31.0 Å². The van der Waals surface area contributed by atoms with E-state index in [0.717, 1.165) is 11.4 Å². The van der Waals surface area contributed by atoms with Crippen LogP contribution >= 0.6 is 0 Å². The first-order valence-electron chi connectivity index (χ1n) is 8.96. The lowest BCUT2D eigenvalue weighted by molar-refractivity contribution is -0.139. The van der Waals surface area contributed by atoms with Crippen LogP contribution in [0.2, 0.25) is 0 Å². The third-order valence-electron chi connectivity index (χ3n) is 4.29. The van der Waals surface area contributed by atoms with Gasteiger partial charge in [-0.05, 0) is 19.9 Å². The molecule has 2 aromatic rings. The molecular formula is C18H25N5O3. The molecule has 0 N–H and O–H groups in total. The molecule has 1 saturated heterocycles. The Morgan fingerprint density at radius 3 is 2.81 bits per heavy atom. The Bertz CT molecular complexity index is 754. The van der Waals surface area contributed by atoms with Gasteiger partial charge in [-0.3, -0.25) is 4.79 Å². The van der Waals surface area contributed by atoms with Gasteiger partial charge in [-0.25, -0.2) is 9.97 Å². The Balaban J connectivity index is 1.58. The molecule has 1 unspecified atom stereocenters. The van der Waals surface area contributed by atoms with Gasteiger partial charge in [0.1, 0.15) is 11.9 Å². The van der Waals surface area contributed by atoms with E-state index in [2.05, 4.69) is 20.1 Å². The Morgan fingerprint density at radius 2 is 2.12 bits per heavy atom. The Kier molecular flexibility index (Phi) is 5.61. The largest absolute Gasteiger partial charge is 0.368 e. The fourth-order valence-corrected chi connectivity index (χ4v) is 2.94. The molecule has 1 fully saturated rings. The molecule has 0 bridgehead atoms. The second kappa shape index (κ2) is 7.90. The summed E-state index contributed by atoms with van der Waals surface area (Å²) in [5, 5.41) is 3.93. The number of aryl methyl sites for hydroxylation is 3. The summed E-state index contributed by atoms with van der Waals surface area (Å²) < 4.78 is 11.0. The second-order valence-electron chi connectivity index (χ2n) is 6.88. The van der Waals surface area contributed by atoms with E-state index >= 15 is 0 Å². The van der Waals surface area contributed by atoms with E-state index in [-0.39, 0.29) is 17.9 Å². The average molecular weight is 359 g/mol. The zero-order valence-corrected chi connectivity index (χ0v) is 15.7. The molecule has 8 heteroatoms. The molecule has 0 saturated carbocycles. The number of ether oxygens (including phenoxy) is 1. The third-order valence-corrected chi connectivity index (χ3v) is 4.29. The molecule has 0 spiro atoms. The average Bonchev–Trinajstić information content (AvgIpc) is 3.08. The summed E-state index contributed by atoms with van der Waals surface area (Å²) in [6.07, 6.45) is 0.574. The van der Waals surface area contributed by atoms with Crippen LogP contribution in [0.1, 0.15) is 61.2 Å². The van der Waals surface area contributed by atoms with Gasteiger partial charge >= 0.3 is 0 Å². The van der Waals surface area contributed by atoms with Crippen molar-refractivity contribution in [2.45, 2.75) is 52.6 Å². The molecule has 0 aliphatic carbocycles. The maximum Gasteiger partial charge on any atom is 0.227 e. The molecule has 0 radical (unpaired) electrons. The highest BCUT2D eigenvalue weighted by Gasteiger charge is 2.27. The van der Waals surface area contributed by atoms with E-state index in [9.17, 15) is 4.79 Å². The van der Waals surface area contributed by atoms with Gasteiger partial charge in [0.25, 0.3) is 0 Å². The first kappa shape index (κ1) is 18.4. The number of hydrogen-bond donors (Lipinski definition) is 0. The number of morpholine rings is 1. The summed E-state index contributed by atoms with van der Waals surface area (Å²) in [6.45, 7) is 9.37. The number of amides is 1. The summed E-state index contributed by atoms with van der Waals surface area (Å²) in [7, 11) is 0. The maximum absolute atomic E-state index is 12.6. The lowest BCUT2D eigenvalue weighted by Crippen LogP contribution is -2.42. The number of carbonyl (C=O) groups is 1. The van der Waals surface area contributed by atoms with E-state index in [4.69, 9.17) is 9.26 Å². The highest BCUT2D eigenvalue weighted by atomic mass is 16.5. The highest BCUT2D eigenvalue weighted by Crippen LogP contribution is 2.22. The zero-order valence-electron chi connectivity index (χ0n) is 15.7. The number of hydrogen-bond acceptors (Lipinski definition) is 7. The monoisotopic (exact) mass is 359 g/mol. The third kappa shape index (κ3) is 4.43. The van der Waals surface area contributed by atoms with Crippen molar-refractivity contribution in [3.63, 3.8) is 0 Å². The lowest BCUT2D eigenvalue weighted by Gasteiger charge is -2.32. The quantitative estimate of drug-likeness (QED) is 0.807. The number of aromatic nitrogens is 4. The van der Waals surface area contributed by atoms with Crippen molar-refractivity contribution in [2.75, 3.05) is 19.7 Å². The molecule has 3 rings (SSSR count). The molecular weight excluding hydrogens is 334 g/mol. The van der Waals surface area contributed by atoms with Crippen molar-refractivity contribution in [1.29, 1.82) is 0 Å². The molecule has 3 heterocycles. The summed E-state index contributed by atoms with van der Waals surface area (Å²) in [4.78, 5) is 27.5.